The van der Waals surface area contributed by atoms with Crippen molar-refractivity contribution in [3.05, 3.63) is 0 Å². The highest BCUT2D eigenvalue weighted by Crippen LogP contribution is 2.69. The molecule has 0 aliphatic heterocycles. The maximum Gasteiger partial charge on any atom is 0.430 e. The van der Waals surface area contributed by atoms with Gasteiger partial charge in [0.25, 0.3) is 6.29 Å². The topological polar surface area (TPSA) is 121 Å². The Bertz CT molecular complexity index is 733. The minimum atomic E-state index is -5.95. The third-order valence-corrected chi connectivity index (χ3v) is 8.39. The molecule has 0 aromatic carbocycles. The molecule has 4 aliphatic carbocycles. The lowest BCUT2D eigenvalue weighted by atomic mass is 9.40. The summed E-state index contributed by atoms with van der Waals surface area (Å²) in [6.45, 7) is 3.76. The number of carbonyl (C=O) groups excluding carboxylic acids is 1. The van der Waals surface area contributed by atoms with Crippen molar-refractivity contribution >= 4 is 16.1 Å². The van der Waals surface area contributed by atoms with Crippen molar-refractivity contribution in [3.8, 4) is 0 Å². The van der Waals surface area contributed by atoms with Crippen molar-refractivity contribution in [1.29, 1.82) is 0 Å². The Morgan fingerprint density at radius 1 is 1.18 bits per heavy atom. The summed E-state index contributed by atoms with van der Waals surface area (Å²) >= 11 is 0. The number of carbonyl (C=O) groups is 1. The molecule has 0 heterocycles. The highest BCUT2D eigenvalue weighted by molar-refractivity contribution is 7.86. The SMILES string of the molecule is CCC(O)(CC)C12CC3CC(CC(C(=O)OC(O)C(F)(F)S(=O)(=O)O)(C3)C1)C2. The van der Waals surface area contributed by atoms with Crippen molar-refractivity contribution in [1.82, 2.24) is 0 Å². The van der Waals surface area contributed by atoms with E-state index in [1.807, 2.05) is 13.8 Å². The lowest BCUT2D eigenvalue weighted by Crippen LogP contribution is -2.63. The summed E-state index contributed by atoms with van der Waals surface area (Å²) in [5.41, 5.74) is -2.66. The highest BCUT2D eigenvalue weighted by Gasteiger charge is 2.67. The maximum absolute atomic E-state index is 13.6. The van der Waals surface area contributed by atoms with E-state index in [9.17, 15) is 32.2 Å². The van der Waals surface area contributed by atoms with Gasteiger partial charge in [-0.05, 0) is 63.2 Å². The van der Waals surface area contributed by atoms with E-state index in [-0.39, 0.29) is 18.3 Å². The van der Waals surface area contributed by atoms with Gasteiger partial charge in [0.1, 0.15) is 0 Å². The Morgan fingerprint density at radius 3 is 2.11 bits per heavy atom. The van der Waals surface area contributed by atoms with Gasteiger partial charge in [0.15, 0.2) is 0 Å². The molecule has 3 atom stereocenters. The molecule has 28 heavy (non-hydrogen) atoms. The zero-order valence-corrected chi connectivity index (χ0v) is 16.8. The van der Waals surface area contributed by atoms with Crippen LogP contribution in [-0.2, 0) is 19.6 Å². The third-order valence-electron chi connectivity index (χ3n) is 7.50. The van der Waals surface area contributed by atoms with Crippen molar-refractivity contribution in [3.63, 3.8) is 0 Å². The number of halogens is 2. The van der Waals surface area contributed by atoms with Gasteiger partial charge in [-0.3, -0.25) is 9.35 Å². The molecule has 0 spiro atoms. The van der Waals surface area contributed by atoms with Crippen molar-refractivity contribution in [2.24, 2.45) is 22.7 Å². The Labute approximate surface area is 163 Å². The number of ether oxygens (including phenoxy) is 1. The lowest BCUT2D eigenvalue weighted by Gasteiger charge is -2.65. The van der Waals surface area contributed by atoms with Crippen LogP contribution in [0.1, 0.15) is 65.2 Å². The van der Waals surface area contributed by atoms with Crippen LogP contribution in [-0.4, -0.2) is 46.3 Å². The summed E-state index contributed by atoms with van der Waals surface area (Å²) in [6, 6.07) is 0. The maximum atomic E-state index is 13.6. The Kier molecular flexibility index (Phi) is 5.14. The molecule has 4 saturated carbocycles. The molecule has 4 fully saturated rings. The van der Waals surface area contributed by atoms with E-state index < -0.39 is 44.1 Å². The van der Waals surface area contributed by atoms with E-state index in [4.69, 9.17) is 4.55 Å². The molecule has 3 unspecified atom stereocenters. The van der Waals surface area contributed by atoms with Crippen LogP contribution in [0.3, 0.4) is 0 Å². The predicted octanol–water partition coefficient (Wildman–Crippen LogP) is 2.47. The third kappa shape index (κ3) is 3.07. The molecule has 0 radical (unpaired) electrons. The zero-order chi connectivity index (χ0) is 21.2. The zero-order valence-electron chi connectivity index (χ0n) is 16.0. The van der Waals surface area contributed by atoms with Crippen LogP contribution in [0.5, 0.6) is 0 Å². The first kappa shape index (κ1) is 21.9. The lowest BCUT2D eigenvalue weighted by molar-refractivity contribution is -0.242. The quantitative estimate of drug-likeness (QED) is 0.325. The fourth-order valence-corrected chi connectivity index (χ4v) is 6.77. The van der Waals surface area contributed by atoms with Gasteiger partial charge in [0, 0.05) is 5.41 Å². The van der Waals surface area contributed by atoms with Crippen LogP contribution in [0.15, 0.2) is 0 Å². The van der Waals surface area contributed by atoms with E-state index >= 15 is 0 Å². The van der Waals surface area contributed by atoms with Gasteiger partial charge in [0.2, 0.25) is 0 Å². The van der Waals surface area contributed by atoms with E-state index in [2.05, 4.69) is 4.74 Å². The van der Waals surface area contributed by atoms with Crippen LogP contribution in [0.25, 0.3) is 0 Å². The number of aliphatic hydroxyl groups excluding tert-OH is 1. The molecule has 4 bridgehead atoms. The summed E-state index contributed by atoms with van der Waals surface area (Å²) < 4.78 is 62.0. The summed E-state index contributed by atoms with van der Waals surface area (Å²) in [5.74, 6) is -0.813. The number of rotatable bonds is 7. The van der Waals surface area contributed by atoms with Crippen molar-refractivity contribution < 1.29 is 41.5 Å². The van der Waals surface area contributed by atoms with Crippen LogP contribution < -0.4 is 0 Å². The number of esters is 1. The smallest absolute Gasteiger partial charge is 0.427 e. The van der Waals surface area contributed by atoms with Gasteiger partial charge in [-0.25, -0.2) is 0 Å². The minimum Gasteiger partial charge on any atom is -0.427 e. The van der Waals surface area contributed by atoms with Gasteiger partial charge in [-0.1, -0.05) is 13.8 Å². The number of aliphatic hydroxyl groups is 2. The van der Waals surface area contributed by atoms with Gasteiger partial charge in [-0.2, -0.15) is 17.2 Å². The number of hydrogen-bond donors (Lipinski definition) is 3. The van der Waals surface area contributed by atoms with E-state index in [1.54, 1.807) is 0 Å². The molecular weight excluding hydrogens is 398 g/mol. The Hall–Kier alpha value is -0.840. The molecular formula is C18H28F2O7S. The Morgan fingerprint density at radius 2 is 1.68 bits per heavy atom. The fourth-order valence-electron chi connectivity index (χ4n) is 6.47. The van der Waals surface area contributed by atoms with Crippen LogP contribution >= 0.6 is 0 Å². The van der Waals surface area contributed by atoms with Gasteiger partial charge >= 0.3 is 21.3 Å². The first-order chi connectivity index (χ1) is 12.7. The normalized spacial score (nSPS) is 36.4. The fraction of sp³-hybridized carbons (Fsp3) is 0.944. The number of hydrogen-bond acceptors (Lipinski definition) is 6. The van der Waals surface area contributed by atoms with Gasteiger partial charge in [0.05, 0.1) is 11.0 Å². The molecule has 3 N–H and O–H groups in total. The van der Waals surface area contributed by atoms with E-state index in [0.29, 0.717) is 25.7 Å². The van der Waals surface area contributed by atoms with E-state index in [1.165, 1.54) is 0 Å². The second-order valence-electron chi connectivity index (χ2n) is 9.05. The molecule has 0 amide bonds. The molecule has 0 saturated heterocycles. The Balaban J connectivity index is 1.89. The first-order valence-corrected chi connectivity index (χ1v) is 11.1. The molecule has 0 aromatic heterocycles. The summed E-state index contributed by atoms with van der Waals surface area (Å²) in [5, 5.41) is 15.8. The van der Waals surface area contributed by atoms with Crippen molar-refractivity contribution in [2.45, 2.75) is 82.4 Å². The molecule has 10 heteroatoms. The average molecular weight is 426 g/mol. The second kappa shape index (κ2) is 6.58. The van der Waals surface area contributed by atoms with Crippen LogP contribution in [0.4, 0.5) is 8.78 Å². The molecule has 4 aliphatic rings. The van der Waals surface area contributed by atoms with E-state index in [0.717, 1.165) is 19.3 Å². The van der Waals surface area contributed by atoms with Gasteiger partial charge < -0.3 is 14.9 Å². The molecule has 162 valence electrons. The second-order valence-corrected chi connectivity index (χ2v) is 10.5. The minimum absolute atomic E-state index is 0.137. The van der Waals surface area contributed by atoms with Crippen molar-refractivity contribution in [2.75, 3.05) is 0 Å². The van der Waals surface area contributed by atoms with Crippen LogP contribution in [0, 0.1) is 22.7 Å². The summed E-state index contributed by atoms with van der Waals surface area (Å²) in [6.07, 6.45) is 1.15. The highest BCUT2D eigenvalue weighted by atomic mass is 32.2. The molecule has 0 aromatic rings. The molecule has 7 nitrogen and oxygen atoms in total. The first-order valence-electron chi connectivity index (χ1n) is 9.70. The standard InChI is InChI=1S/C18H28F2O7S/c1-3-17(23,4-2)16-8-11-5-12(9-16)7-15(6-11,10-16)13(21)27-14(22)18(19,20)28(24,25)26/h11-12,14,22-23H,3-10H2,1-2H3,(H,24,25,26). The number of alkyl halides is 2. The summed E-state index contributed by atoms with van der Waals surface area (Å²) in [7, 11) is -5.95. The van der Waals surface area contributed by atoms with Gasteiger partial charge in [-0.15, -0.1) is 0 Å². The van der Waals surface area contributed by atoms with Crippen LogP contribution in [0.2, 0.25) is 0 Å². The predicted molar refractivity (Wildman–Crippen MR) is 93.7 cm³/mol. The summed E-state index contributed by atoms with van der Waals surface area (Å²) in [4.78, 5) is 12.9. The largest absolute Gasteiger partial charge is 0.430 e. The monoisotopic (exact) mass is 426 g/mol. The molecule has 4 rings (SSSR count). The average Bonchev–Trinajstić information content (AvgIpc) is 2.58.